The number of hydrogen-bond acceptors (Lipinski definition) is 7. The van der Waals surface area contributed by atoms with Crippen molar-refractivity contribution in [2.75, 3.05) is 52.9 Å². The van der Waals surface area contributed by atoms with Crippen molar-refractivity contribution >= 4 is 8.80 Å². The Morgan fingerprint density at radius 2 is 1.45 bits per heavy atom. The van der Waals surface area contributed by atoms with Crippen molar-refractivity contribution < 1.29 is 33.0 Å². The van der Waals surface area contributed by atoms with Crippen LogP contribution in [0.25, 0.3) is 0 Å². The average Bonchev–Trinajstić information content (AvgIpc) is 2.49. The van der Waals surface area contributed by atoms with Gasteiger partial charge in [0.25, 0.3) is 0 Å². The highest BCUT2D eigenvalue weighted by Gasteiger charge is 2.45. The molecule has 0 bridgehead atoms. The van der Waals surface area contributed by atoms with Gasteiger partial charge in [-0.2, -0.15) is 0 Å². The van der Waals surface area contributed by atoms with E-state index in [1.165, 1.54) is 0 Å². The smallest absolute Gasteiger partial charge is 0.394 e. The first-order valence-corrected chi connectivity index (χ1v) is 9.69. The highest BCUT2D eigenvalue weighted by molar-refractivity contribution is 6.62. The zero-order valence-electron chi connectivity index (χ0n) is 14.2. The Bertz CT molecular complexity index is 247. The summed E-state index contributed by atoms with van der Waals surface area (Å²) in [6, 6.07) is 0. The normalized spacial score (nSPS) is 13.8. The lowest BCUT2D eigenvalue weighted by Crippen LogP contribution is -2.50. The molecule has 0 radical (unpaired) electrons. The van der Waals surface area contributed by atoms with Crippen LogP contribution < -0.4 is 0 Å². The number of rotatable bonds is 15. The third-order valence-electron chi connectivity index (χ3n) is 2.85. The zero-order chi connectivity index (χ0) is 16.8. The van der Waals surface area contributed by atoms with Crippen LogP contribution in [0.2, 0.25) is 5.54 Å². The third kappa shape index (κ3) is 8.54. The molecule has 0 aliphatic heterocycles. The molecule has 2 N–H and O–H groups in total. The van der Waals surface area contributed by atoms with Crippen LogP contribution >= 0.6 is 0 Å². The summed E-state index contributed by atoms with van der Waals surface area (Å²) >= 11 is 0. The standard InChI is InChI=1S/C14H32O7Si/c1-5-19-22(13(3)4,20-6-2)21-12-14(18-10-8-16)11-17-9-7-15/h13-16H,5-12H2,1-4H3. The first kappa shape index (κ1) is 21.9. The molecule has 0 saturated carbocycles. The summed E-state index contributed by atoms with van der Waals surface area (Å²) in [7, 11) is -2.77. The Labute approximate surface area is 134 Å². The summed E-state index contributed by atoms with van der Waals surface area (Å²) in [5, 5.41) is 17.6. The van der Waals surface area contributed by atoms with Crippen LogP contribution in [0.4, 0.5) is 0 Å². The molecule has 0 aliphatic carbocycles. The fourth-order valence-electron chi connectivity index (χ4n) is 1.88. The summed E-state index contributed by atoms with van der Waals surface area (Å²) in [5.41, 5.74) is 0.129. The van der Waals surface area contributed by atoms with E-state index in [1.807, 2.05) is 27.7 Å². The molecule has 0 aromatic heterocycles. The summed E-state index contributed by atoms with van der Waals surface area (Å²) in [4.78, 5) is 0. The molecule has 0 rings (SSSR count). The highest BCUT2D eigenvalue weighted by atomic mass is 28.4. The second-order valence-corrected chi connectivity index (χ2v) is 8.18. The average molecular weight is 340 g/mol. The molecule has 8 heteroatoms. The quantitative estimate of drug-likeness (QED) is 0.337. The molecule has 1 unspecified atom stereocenters. The maximum Gasteiger partial charge on any atom is 0.503 e. The van der Waals surface area contributed by atoms with Crippen LogP contribution in [0.1, 0.15) is 27.7 Å². The van der Waals surface area contributed by atoms with E-state index in [-0.39, 0.29) is 51.3 Å². The second-order valence-electron chi connectivity index (χ2n) is 4.95. The van der Waals surface area contributed by atoms with E-state index < -0.39 is 8.80 Å². The first-order chi connectivity index (χ1) is 10.6. The largest absolute Gasteiger partial charge is 0.503 e. The van der Waals surface area contributed by atoms with Crippen LogP contribution in [0.15, 0.2) is 0 Å². The Hall–Kier alpha value is -0.0631. The molecule has 0 aromatic carbocycles. The van der Waals surface area contributed by atoms with E-state index >= 15 is 0 Å². The molecule has 0 aromatic rings. The maximum atomic E-state index is 8.88. The van der Waals surface area contributed by atoms with Gasteiger partial charge in [-0.25, -0.2) is 0 Å². The predicted octanol–water partition coefficient (Wildman–Crippen LogP) is 0.811. The molecule has 0 saturated heterocycles. The number of hydrogen-bond donors (Lipinski definition) is 2. The molecule has 0 aliphatic rings. The Morgan fingerprint density at radius 3 is 1.91 bits per heavy atom. The summed E-state index contributed by atoms with van der Waals surface area (Å²) < 4.78 is 28.4. The lowest BCUT2D eigenvalue weighted by Gasteiger charge is -2.33. The highest BCUT2D eigenvalue weighted by Crippen LogP contribution is 2.25. The van der Waals surface area contributed by atoms with E-state index in [4.69, 9.17) is 33.0 Å². The molecule has 0 fully saturated rings. The van der Waals surface area contributed by atoms with E-state index in [0.29, 0.717) is 13.2 Å². The van der Waals surface area contributed by atoms with Gasteiger partial charge in [-0.15, -0.1) is 0 Å². The third-order valence-corrected chi connectivity index (χ3v) is 6.22. The number of aliphatic hydroxyl groups is 2. The molecule has 134 valence electrons. The second kappa shape index (κ2) is 13.4. The summed E-state index contributed by atoms with van der Waals surface area (Å²) in [6.45, 7) is 9.77. The molecular formula is C14H32O7Si. The summed E-state index contributed by atoms with van der Waals surface area (Å²) in [5.74, 6) is 0. The van der Waals surface area contributed by atoms with Crippen LogP contribution in [0.5, 0.6) is 0 Å². The molecular weight excluding hydrogens is 308 g/mol. The van der Waals surface area contributed by atoms with E-state index in [2.05, 4.69) is 0 Å². The lowest BCUT2D eigenvalue weighted by molar-refractivity contribution is -0.0655. The van der Waals surface area contributed by atoms with Gasteiger partial charge in [0, 0.05) is 18.8 Å². The van der Waals surface area contributed by atoms with Crippen molar-refractivity contribution in [1.29, 1.82) is 0 Å². The minimum absolute atomic E-state index is 0.0455. The fourth-order valence-corrected chi connectivity index (χ4v) is 4.35. The van der Waals surface area contributed by atoms with E-state index in [9.17, 15) is 0 Å². The lowest BCUT2D eigenvalue weighted by atomic mass is 10.4. The van der Waals surface area contributed by atoms with Crippen molar-refractivity contribution in [2.45, 2.75) is 39.3 Å². The molecule has 1 atom stereocenters. The topological polar surface area (TPSA) is 86.6 Å². The van der Waals surface area contributed by atoms with Gasteiger partial charge < -0.3 is 33.0 Å². The molecule has 0 amide bonds. The van der Waals surface area contributed by atoms with Crippen molar-refractivity contribution in [3.05, 3.63) is 0 Å². The van der Waals surface area contributed by atoms with Crippen molar-refractivity contribution in [2.24, 2.45) is 0 Å². The Morgan fingerprint density at radius 1 is 0.864 bits per heavy atom. The zero-order valence-corrected chi connectivity index (χ0v) is 15.2. The minimum atomic E-state index is -2.77. The van der Waals surface area contributed by atoms with Crippen LogP contribution in [-0.2, 0) is 22.8 Å². The van der Waals surface area contributed by atoms with Gasteiger partial charge in [0.2, 0.25) is 0 Å². The van der Waals surface area contributed by atoms with Gasteiger partial charge in [-0.3, -0.25) is 0 Å². The van der Waals surface area contributed by atoms with Gasteiger partial charge in [-0.1, -0.05) is 13.8 Å². The van der Waals surface area contributed by atoms with Gasteiger partial charge in [0.15, 0.2) is 0 Å². The maximum absolute atomic E-state index is 8.88. The van der Waals surface area contributed by atoms with Gasteiger partial charge >= 0.3 is 8.80 Å². The molecule has 0 heterocycles. The fraction of sp³-hybridized carbons (Fsp3) is 1.00. The van der Waals surface area contributed by atoms with Crippen molar-refractivity contribution in [1.82, 2.24) is 0 Å². The molecule has 0 spiro atoms. The Balaban J connectivity index is 4.62. The number of aliphatic hydroxyl groups excluding tert-OH is 2. The van der Waals surface area contributed by atoms with Gasteiger partial charge in [0.1, 0.15) is 6.10 Å². The monoisotopic (exact) mass is 340 g/mol. The predicted molar refractivity (Wildman–Crippen MR) is 84.8 cm³/mol. The molecule has 22 heavy (non-hydrogen) atoms. The van der Waals surface area contributed by atoms with Gasteiger partial charge in [-0.05, 0) is 13.8 Å². The van der Waals surface area contributed by atoms with Crippen LogP contribution in [-0.4, -0.2) is 78.0 Å². The Kier molecular flexibility index (Phi) is 13.3. The van der Waals surface area contributed by atoms with E-state index in [0.717, 1.165) is 0 Å². The SMILES string of the molecule is CCO[Si](OCC)(OCC(COCCO)OCCO)C(C)C. The first-order valence-electron chi connectivity index (χ1n) is 7.89. The van der Waals surface area contributed by atoms with E-state index in [1.54, 1.807) is 0 Å². The minimum Gasteiger partial charge on any atom is -0.394 e. The summed E-state index contributed by atoms with van der Waals surface area (Å²) in [6.07, 6.45) is -0.342. The van der Waals surface area contributed by atoms with Crippen molar-refractivity contribution in [3.63, 3.8) is 0 Å². The van der Waals surface area contributed by atoms with Gasteiger partial charge in [0.05, 0.1) is 39.6 Å². The molecule has 7 nitrogen and oxygen atoms in total. The number of ether oxygens (including phenoxy) is 2. The van der Waals surface area contributed by atoms with Crippen LogP contribution in [0, 0.1) is 0 Å². The van der Waals surface area contributed by atoms with Crippen molar-refractivity contribution in [3.8, 4) is 0 Å². The van der Waals surface area contributed by atoms with Crippen LogP contribution in [0.3, 0.4) is 0 Å².